The minimum atomic E-state index is -0.225. The average Bonchev–Trinajstić information content (AvgIpc) is 2.36. The summed E-state index contributed by atoms with van der Waals surface area (Å²) in [7, 11) is 6.39. The highest BCUT2D eigenvalue weighted by Gasteiger charge is 2.00. The molecule has 8 heteroatoms. The molecule has 0 aliphatic rings. The molecule has 0 unspecified atom stereocenters. The lowest BCUT2D eigenvalue weighted by Gasteiger charge is -2.04. The molecule has 0 rings (SSSR count). The molecule has 0 aromatic heterocycles. The molecule has 0 atom stereocenters. The van der Waals surface area contributed by atoms with Crippen LogP contribution in [0.2, 0.25) is 0 Å². The zero-order valence-electron chi connectivity index (χ0n) is 10.7. The van der Waals surface area contributed by atoms with Gasteiger partial charge in [0.15, 0.2) is 0 Å². The number of hydrogen-bond donors (Lipinski definition) is 3. The molecule has 8 nitrogen and oxygen atoms in total. The summed E-state index contributed by atoms with van der Waals surface area (Å²) in [5.74, 6) is -0.142. The van der Waals surface area contributed by atoms with Gasteiger partial charge in [0.25, 0.3) is 0 Å². The standard InChI is InChI=1S/C5H12N2O.C4H9N3O2/c1-6-4-3-5(8)7-2;1-5-4(8)3-7(2)6-9/h6H,3-4H2,1-2H3,(H,7,8);3H2,1-2H3,(H,5,8). The second-order valence-corrected chi connectivity index (χ2v) is 3.10. The maximum atomic E-state index is 10.4. The van der Waals surface area contributed by atoms with Gasteiger partial charge in [0, 0.05) is 34.1 Å². The van der Waals surface area contributed by atoms with E-state index < -0.39 is 0 Å². The fourth-order valence-electron chi connectivity index (χ4n) is 0.679. The van der Waals surface area contributed by atoms with Gasteiger partial charge in [0.1, 0.15) is 6.54 Å². The Morgan fingerprint density at radius 3 is 2.00 bits per heavy atom. The van der Waals surface area contributed by atoms with Crippen LogP contribution in [0.1, 0.15) is 6.42 Å². The number of nitroso groups, excluding NO2 is 1. The summed E-state index contributed by atoms with van der Waals surface area (Å²) >= 11 is 0. The van der Waals surface area contributed by atoms with Crippen molar-refractivity contribution in [1.29, 1.82) is 0 Å². The topological polar surface area (TPSA) is 103 Å². The second kappa shape index (κ2) is 12.4. The van der Waals surface area contributed by atoms with Crippen molar-refractivity contribution >= 4 is 11.8 Å². The highest BCUT2D eigenvalue weighted by molar-refractivity contribution is 5.77. The third-order valence-corrected chi connectivity index (χ3v) is 1.67. The lowest BCUT2D eigenvalue weighted by Crippen LogP contribution is -2.29. The van der Waals surface area contributed by atoms with Crippen molar-refractivity contribution in [3.05, 3.63) is 4.91 Å². The van der Waals surface area contributed by atoms with Gasteiger partial charge in [-0.05, 0) is 7.05 Å². The summed E-state index contributed by atoms with van der Waals surface area (Å²) < 4.78 is 0. The van der Waals surface area contributed by atoms with E-state index in [2.05, 4.69) is 21.2 Å². The molecule has 0 spiro atoms. The van der Waals surface area contributed by atoms with Crippen LogP contribution in [0.4, 0.5) is 0 Å². The van der Waals surface area contributed by atoms with Crippen molar-refractivity contribution in [2.24, 2.45) is 5.29 Å². The van der Waals surface area contributed by atoms with Crippen molar-refractivity contribution in [3.8, 4) is 0 Å². The Morgan fingerprint density at radius 2 is 1.65 bits per heavy atom. The van der Waals surface area contributed by atoms with E-state index in [1.54, 1.807) is 7.05 Å². The first-order valence-electron chi connectivity index (χ1n) is 5.11. The Balaban J connectivity index is 0. The minimum absolute atomic E-state index is 0.0139. The highest BCUT2D eigenvalue weighted by atomic mass is 16.3. The minimum Gasteiger partial charge on any atom is -0.359 e. The van der Waals surface area contributed by atoms with Gasteiger partial charge in [0.05, 0.1) is 5.29 Å². The van der Waals surface area contributed by atoms with Crippen LogP contribution < -0.4 is 16.0 Å². The van der Waals surface area contributed by atoms with E-state index in [0.717, 1.165) is 11.6 Å². The Morgan fingerprint density at radius 1 is 1.12 bits per heavy atom. The molecule has 0 aromatic carbocycles. The first-order chi connectivity index (χ1) is 8.01. The first-order valence-corrected chi connectivity index (χ1v) is 5.11. The molecule has 17 heavy (non-hydrogen) atoms. The van der Waals surface area contributed by atoms with Crippen LogP contribution in [-0.4, -0.2) is 58.1 Å². The van der Waals surface area contributed by atoms with Crippen molar-refractivity contribution in [2.75, 3.05) is 41.3 Å². The van der Waals surface area contributed by atoms with Crippen LogP contribution in [0.25, 0.3) is 0 Å². The smallest absolute Gasteiger partial charge is 0.241 e. The molecule has 0 saturated carbocycles. The molecule has 0 fully saturated rings. The third kappa shape index (κ3) is 14.3. The van der Waals surface area contributed by atoms with E-state index in [1.807, 2.05) is 7.05 Å². The Labute approximate surface area is 101 Å². The highest BCUT2D eigenvalue weighted by Crippen LogP contribution is 1.78. The molecule has 3 N–H and O–H groups in total. The van der Waals surface area contributed by atoms with Crippen molar-refractivity contribution in [3.63, 3.8) is 0 Å². The molecule has 2 amide bonds. The number of nitrogens with zero attached hydrogens (tertiary/aromatic N) is 2. The molecule has 0 radical (unpaired) electrons. The lowest BCUT2D eigenvalue weighted by atomic mass is 10.4. The van der Waals surface area contributed by atoms with E-state index in [9.17, 15) is 14.5 Å². The summed E-state index contributed by atoms with van der Waals surface area (Å²) in [6.45, 7) is 0.764. The van der Waals surface area contributed by atoms with Crippen LogP contribution in [0.3, 0.4) is 0 Å². The molecule has 0 heterocycles. The second-order valence-electron chi connectivity index (χ2n) is 3.10. The summed E-state index contributed by atoms with van der Waals surface area (Å²) in [6.07, 6.45) is 0.562. The summed E-state index contributed by atoms with van der Waals surface area (Å²) in [6, 6.07) is 0. The number of hydrogen-bond acceptors (Lipinski definition) is 5. The maximum Gasteiger partial charge on any atom is 0.241 e. The van der Waals surface area contributed by atoms with Crippen molar-refractivity contribution in [1.82, 2.24) is 21.0 Å². The van der Waals surface area contributed by atoms with Gasteiger partial charge in [-0.2, -0.15) is 0 Å². The molecule has 0 saturated heterocycles. The van der Waals surface area contributed by atoms with Crippen molar-refractivity contribution in [2.45, 2.75) is 6.42 Å². The Hall–Kier alpha value is -1.70. The number of likely N-dealkylation sites (N-methyl/N-ethyl adjacent to an activating group) is 2. The maximum absolute atomic E-state index is 10.4. The molecule has 0 aliphatic carbocycles. The largest absolute Gasteiger partial charge is 0.359 e. The summed E-state index contributed by atoms with van der Waals surface area (Å²) in [4.78, 5) is 30.5. The van der Waals surface area contributed by atoms with Crippen LogP contribution in [0.5, 0.6) is 0 Å². The normalized spacial score (nSPS) is 8.47. The first kappa shape index (κ1) is 17.7. The van der Waals surface area contributed by atoms with Crippen LogP contribution in [-0.2, 0) is 9.59 Å². The number of carbonyl (C=O) groups excluding carboxylic acids is 2. The van der Waals surface area contributed by atoms with Crippen LogP contribution in [0, 0.1) is 4.91 Å². The fraction of sp³-hybridized carbons (Fsp3) is 0.778. The SMILES string of the molecule is CNC(=O)CN(C)N=O.CNCCC(=O)NC. The molecule has 0 aromatic rings. The van der Waals surface area contributed by atoms with Gasteiger partial charge in [-0.15, -0.1) is 4.91 Å². The van der Waals surface area contributed by atoms with Gasteiger partial charge in [-0.1, -0.05) is 0 Å². The zero-order chi connectivity index (χ0) is 13.7. The van der Waals surface area contributed by atoms with Gasteiger partial charge in [-0.3, -0.25) is 14.6 Å². The fourth-order valence-corrected chi connectivity index (χ4v) is 0.679. The molecule has 0 bridgehead atoms. The van der Waals surface area contributed by atoms with Crippen molar-refractivity contribution < 1.29 is 9.59 Å². The van der Waals surface area contributed by atoms with E-state index in [1.165, 1.54) is 14.1 Å². The van der Waals surface area contributed by atoms with E-state index in [0.29, 0.717) is 6.42 Å². The van der Waals surface area contributed by atoms with E-state index >= 15 is 0 Å². The van der Waals surface area contributed by atoms with Gasteiger partial charge in [-0.25, -0.2) is 0 Å². The molecule has 0 aliphatic heterocycles. The van der Waals surface area contributed by atoms with Crippen LogP contribution >= 0.6 is 0 Å². The summed E-state index contributed by atoms with van der Waals surface area (Å²) in [5.41, 5.74) is 0. The predicted molar refractivity (Wildman–Crippen MR) is 65.1 cm³/mol. The molecular formula is C9H21N5O3. The summed E-state index contributed by atoms with van der Waals surface area (Å²) in [5, 5.41) is 11.3. The van der Waals surface area contributed by atoms with Gasteiger partial charge in [0.2, 0.25) is 11.8 Å². The number of nitrogens with one attached hydrogen (secondary N) is 3. The molecular weight excluding hydrogens is 226 g/mol. The Bertz CT molecular complexity index is 235. The number of carbonyl (C=O) groups is 2. The average molecular weight is 247 g/mol. The number of amides is 2. The van der Waals surface area contributed by atoms with Gasteiger partial charge < -0.3 is 16.0 Å². The zero-order valence-corrected chi connectivity index (χ0v) is 10.7. The van der Waals surface area contributed by atoms with E-state index in [4.69, 9.17) is 0 Å². The van der Waals surface area contributed by atoms with Gasteiger partial charge >= 0.3 is 0 Å². The van der Waals surface area contributed by atoms with E-state index in [-0.39, 0.29) is 18.4 Å². The lowest BCUT2D eigenvalue weighted by molar-refractivity contribution is -0.121. The molecule has 100 valence electrons. The monoisotopic (exact) mass is 247 g/mol. The Kier molecular flexibility index (Phi) is 12.9. The third-order valence-electron chi connectivity index (χ3n) is 1.67. The quantitative estimate of drug-likeness (QED) is 0.399. The number of rotatable bonds is 6. The predicted octanol–water partition coefficient (Wildman–Crippen LogP) is -1.31. The van der Waals surface area contributed by atoms with Crippen LogP contribution in [0.15, 0.2) is 5.29 Å².